The number of pyridine rings is 1. The summed E-state index contributed by atoms with van der Waals surface area (Å²) in [5, 5.41) is 0. The average Bonchev–Trinajstić information content (AvgIpc) is 3.17. The predicted octanol–water partition coefficient (Wildman–Crippen LogP) is 3.84. The number of nitrogens with two attached hydrogens (primary N) is 1. The zero-order chi connectivity index (χ0) is 14.2. The van der Waals surface area contributed by atoms with Crippen molar-refractivity contribution in [3.63, 3.8) is 0 Å². The molecule has 0 aliphatic rings. The molecule has 4 heteroatoms. The molecular formula is C17H13N3O. The molecule has 0 radical (unpaired) electrons. The fraction of sp³-hybridized carbons (Fsp3) is 0. The van der Waals surface area contributed by atoms with Gasteiger partial charge in [-0.25, -0.2) is 4.98 Å². The van der Waals surface area contributed by atoms with Gasteiger partial charge in [0.2, 0.25) is 0 Å². The largest absolute Gasteiger partial charge is 0.463 e. The number of fused-ring (bicyclic) bond motifs is 1. The Labute approximate surface area is 121 Å². The van der Waals surface area contributed by atoms with Crippen molar-refractivity contribution >= 4 is 11.3 Å². The number of hydrogen-bond acceptors (Lipinski definition) is 3. The number of anilines is 1. The second-order valence-electron chi connectivity index (χ2n) is 4.88. The Morgan fingerprint density at radius 1 is 0.952 bits per heavy atom. The van der Waals surface area contributed by atoms with Gasteiger partial charge in [0.1, 0.15) is 5.69 Å². The van der Waals surface area contributed by atoms with Crippen LogP contribution in [0.3, 0.4) is 0 Å². The van der Waals surface area contributed by atoms with E-state index in [9.17, 15) is 0 Å². The number of hydrogen-bond donors (Lipinski definition) is 1. The van der Waals surface area contributed by atoms with E-state index in [1.807, 2.05) is 53.2 Å². The Morgan fingerprint density at radius 3 is 2.57 bits per heavy atom. The lowest BCUT2D eigenvalue weighted by atomic mass is 10.1. The summed E-state index contributed by atoms with van der Waals surface area (Å²) in [5.41, 5.74) is 10.5. The maximum absolute atomic E-state index is 6.15. The molecule has 102 valence electrons. The van der Waals surface area contributed by atoms with Crippen LogP contribution in [0.15, 0.2) is 71.6 Å². The fourth-order valence-corrected chi connectivity index (χ4v) is 2.46. The van der Waals surface area contributed by atoms with Crippen LogP contribution in [0.2, 0.25) is 0 Å². The van der Waals surface area contributed by atoms with E-state index >= 15 is 0 Å². The summed E-state index contributed by atoms with van der Waals surface area (Å²) in [7, 11) is 0. The first-order valence-corrected chi connectivity index (χ1v) is 6.69. The monoisotopic (exact) mass is 275 g/mol. The topological polar surface area (TPSA) is 56.5 Å². The molecule has 0 aliphatic heterocycles. The lowest BCUT2D eigenvalue weighted by Gasteiger charge is -2.05. The van der Waals surface area contributed by atoms with Crippen LogP contribution in [0.4, 0.5) is 5.69 Å². The summed E-state index contributed by atoms with van der Waals surface area (Å²) < 4.78 is 7.33. The van der Waals surface area contributed by atoms with E-state index in [2.05, 4.69) is 17.1 Å². The summed E-state index contributed by atoms with van der Waals surface area (Å²) in [6.45, 7) is 0. The Morgan fingerprint density at radius 2 is 1.81 bits per heavy atom. The number of nitrogen functional groups attached to an aromatic ring is 1. The number of aromatic nitrogens is 2. The average molecular weight is 275 g/mol. The van der Waals surface area contributed by atoms with Crippen LogP contribution in [0.1, 0.15) is 0 Å². The van der Waals surface area contributed by atoms with Crippen LogP contribution in [0.5, 0.6) is 0 Å². The minimum absolute atomic E-state index is 0.647. The summed E-state index contributed by atoms with van der Waals surface area (Å²) >= 11 is 0. The van der Waals surface area contributed by atoms with Gasteiger partial charge in [0.05, 0.1) is 12.0 Å². The normalized spacial score (nSPS) is 11.0. The second-order valence-corrected chi connectivity index (χ2v) is 4.88. The maximum Gasteiger partial charge on any atom is 0.160 e. The molecule has 2 N–H and O–H groups in total. The van der Waals surface area contributed by atoms with Crippen LogP contribution in [-0.2, 0) is 0 Å². The van der Waals surface area contributed by atoms with E-state index in [0.29, 0.717) is 5.69 Å². The Bertz CT molecular complexity index is 893. The van der Waals surface area contributed by atoms with E-state index in [4.69, 9.17) is 10.2 Å². The molecule has 4 nitrogen and oxygen atoms in total. The highest BCUT2D eigenvalue weighted by Crippen LogP contribution is 2.27. The number of benzene rings is 1. The molecule has 0 amide bonds. The lowest BCUT2D eigenvalue weighted by Crippen LogP contribution is -1.93. The van der Waals surface area contributed by atoms with Crippen molar-refractivity contribution < 1.29 is 4.42 Å². The van der Waals surface area contributed by atoms with Crippen LogP contribution in [-0.4, -0.2) is 9.38 Å². The quantitative estimate of drug-likeness (QED) is 0.604. The third-order valence-electron chi connectivity index (χ3n) is 3.46. The summed E-state index contributed by atoms with van der Waals surface area (Å²) in [5.74, 6) is 0.736. The van der Waals surface area contributed by atoms with Crippen LogP contribution in [0, 0.1) is 0 Å². The number of imidazole rings is 1. The number of furan rings is 1. The van der Waals surface area contributed by atoms with Gasteiger partial charge in [0, 0.05) is 18.0 Å². The molecule has 0 aliphatic carbocycles. The van der Waals surface area contributed by atoms with Gasteiger partial charge in [0.15, 0.2) is 11.4 Å². The molecule has 4 aromatic rings. The van der Waals surface area contributed by atoms with Crippen molar-refractivity contribution in [2.45, 2.75) is 0 Å². The van der Waals surface area contributed by atoms with E-state index in [1.165, 1.54) is 0 Å². The summed E-state index contributed by atoms with van der Waals surface area (Å²) in [4.78, 5) is 4.53. The van der Waals surface area contributed by atoms with Crippen molar-refractivity contribution in [2.24, 2.45) is 0 Å². The highest BCUT2D eigenvalue weighted by molar-refractivity contribution is 5.76. The van der Waals surface area contributed by atoms with Gasteiger partial charge in [0.25, 0.3) is 0 Å². The van der Waals surface area contributed by atoms with Crippen molar-refractivity contribution in [1.29, 1.82) is 0 Å². The van der Waals surface area contributed by atoms with E-state index < -0.39 is 0 Å². The Hall–Kier alpha value is -3.01. The van der Waals surface area contributed by atoms with E-state index in [0.717, 1.165) is 28.2 Å². The third kappa shape index (κ3) is 1.97. The summed E-state index contributed by atoms with van der Waals surface area (Å²) in [6.07, 6.45) is 5.59. The molecule has 0 fully saturated rings. The SMILES string of the molecule is Nc1cc(-c2ccccc2)cn2cc(-c3ccco3)nc12. The molecular weight excluding hydrogens is 262 g/mol. The summed E-state index contributed by atoms with van der Waals surface area (Å²) in [6, 6.07) is 15.8. The number of nitrogens with zero attached hydrogens (tertiary/aromatic N) is 2. The van der Waals surface area contributed by atoms with Crippen molar-refractivity contribution in [3.05, 3.63) is 67.2 Å². The smallest absolute Gasteiger partial charge is 0.160 e. The first kappa shape index (κ1) is 11.8. The van der Waals surface area contributed by atoms with Gasteiger partial charge in [-0.3, -0.25) is 0 Å². The Kier molecular flexibility index (Phi) is 2.54. The lowest BCUT2D eigenvalue weighted by molar-refractivity contribution is 0.580. The maximum atomic E-state index is 6.15. The standard InChI is InChI=1S/C17H13N3O/c18-14-9-13(12-5-2-1-3-6-12)10-20-11-15(19-17(14)20)16-7-4-8-21-16/h1-11H,18H2. The molecule has 0 spiro atoms. The molecule has 0 unspecified atom stereocenters. The van der Waals surface area contributed by atoms with Gasteiger partial charge >= 0.3 is 0 Å². The third-order valence-corrected chi connectivity index (χ3v) is 3.46. The first-order valence-electron chi connectivity index (χ1n) is 6.69. The molecule has 0 atom stereocenters. The number of rotatable bonds is 2. The second kappa shape index (κ2) is 4.52. The molecule has 0 bridgehead atoms. The zero-order valence-electron chi connectivity index (χ0n) is 11.2. The highest BCUT2D eigenvalue weighted by Gasteiger charge is 2.10. The van der Waals surface area contributed by atoms with Crippen LogP contribution >= 0.6 is 0 Å². The van der Waals surface area contributed by atoms with Crippen molar-refractivity contribution in [1.82, 2.24) is 9.38 Å². The van der Waals surface area contributed by atoms with E-state index in [-0.39, 0.29) is 0 Å². The van der Waals surface area contributed by atoms with Gasteiger partial charge in [-0.2, -0.15) is 0 Å². The molecule has 4 rings (SSSR count). The molecule has 1 aromatic carbocycles. The van der Waals surface area contributed by atoms with E-state index in [1.54, 1.807) is 6.26 Å². The molecule has 3 aromatic heterocycles. The van der Waals surface area contributed by atoms with Gasteiger partial charge < -0.3 is 14.6 Å². The van der Waals surface area contributed by atoms with Gasteiger partial charge in [-0.05, 0) is 23.8 Å². The van der Waals surface area contributed by atoms with Crippen molar-refractivity contribution in [3.8, 4) is 22.6 Å². The first-order chi connectivity index (χ1) is 10.3. The molecule has 0 saturated carbocycles. The highest BCUT2D eigenvalue weighted by atomic mass is 16.3. The predicted molar refractivity (Wildman–Crippen MR) is 82.7 cm³/mol. The molecule has 0 saturated heterocycles. The zero-order valence-corrected chi connectivity index (χ0v) is 11.2. The minimum atomic E-state index is 0.647. The van der Waals surface area contributed by atoms with Gasteiger partial charge in [-0.15, -0.1) is 0 Å². The molecule has 21 heavy (non-hydrogen) atoms. The van der Waals surface area contributed by atoms with Gasteiger partial charge in [-0.1, -0.05) is 30.3 Å². The Balaban J connectivity index is 1.90. The van der Waals surface area contributed by atoms with Crippen molar-refractivity contribution in [2.75, 3.05) is 5.73 Å². The molecule has 3 heterocycles. The minimum Gasteiger partial charge on any atom is -0.463 e. The van der Waals surface area contributed by atoms with Crippen LogP contribution < -0.4 is 5.73 Å². The van der Waals surface area contributed by atoms with Crippen LogP contribution in [0.25, 0.3) is 28.2 Å². The fourth-order valence-electron chi connectivity index (χ4n) is 2.46.